The van der Waals surface area contributed by atoms with Gasteiger partial charge in [-0.05, 0) is 67.8 Å². The van der Waals surface area contributed by atoms with Crippen molar-refractivity contribution < 1.29 is 31.9 Å². The normalized spacial score (nSPS) is 15.9. The van der Waals surface area contributed by atoms with Crippen LogP contribution in [0.1, 0.15) is 52.5 Å². The molecule has 1 aromatic heterocycles. The van der Waals surface area contributed by atoms with E-state index in [9.17, 15) is 31.9 Å². The van der Waals surface area contributed by atoms with Crippen LogP contribution in [0.2, 0.25) is 0 Å². The number of hydrogen-bond donors (Lipinski definition) is 1. The lowest BCUT2D eigenvalue weighted by molar-refractivity contribution is -0.137. The molecule has 8 nitrogen and oxygen atoms in total. The summed E-state index contributed by atoms with van der Waals surface area (Å²) in [5.41, 5.74) is 0.608. The van der Waals surface area contributed by atoms with Crippen LogP contribution in [-0.4, -0.2) is 52.0 Å². The second-order valence-corrected chi connectivity index (χ2v) is 10.6. The Balaban J connectivity index is 1.72. The Kier molecular flexibility index (Phi) is 8.96. The van der Waals surface area contributed by atoms with Crippen molar-refractivity contribution in [3.8, 4) is 17.5 Å². The van der Waals surface area contributed by atoms with E-state index in [0.29, 0.717) is 34.4 Å². The van der Waals surface area contributed by atoms with Gasteiger partial charge in [0.2, 0.25) is 0 Å². The summed E-state index contributed by atoms with van der Waals surface area (Å²) < 4.78 is 56.1. The van der Waals surface area contributed by atoms with Gasteiger partial charge in [-0.2, -0.15) is 18.3 Å². The van der Waals surface area contributed by atoms with Gasteiger partial charge in [0.15, 0.2) is 0 Å². The monoisotopic (exact) mass is 631 g/mol. The molecule has 0 aliphatic carbocycles. The molecule has 12 heteroatoms. The summed E-state index contributed by atoms with van der Waals surface area (Å²) in [6.07, 6.45) is -4.69. The first-order valence-corrected chi connectivity index (χ1v) is 14.3. The number of hydrogen-bond acceptors (Lipinski definition) is 4. The fourth-order valence-electron chi connectivity index (χ4n) is 5.53. The fourth-order valence-corrected chi connectivity index (χ4v) is 5.53. The molecule has 3 amide bonds. The van der Waals surface area contributed by atoms with Crippen LogP contribution in [0.5, 0.6) is 0 Å². The zero-order chi connectivity index (χ0) is 33.2. The lowest BCUT2D eigenvalue weighted by Crippen LogP contribution is -2.55. The minimum absolute atomic E-state index is 0.0343. The summed E-state index contributed by atoms with van der Waals surface area (Å²) in [7, 11) is 1.55. The Morgan fingerprint density at radius 3 is 2.35 bits per heavy atom. The van der Waals surface area contributed by atoms with Gasteiger partial charge in [0, 0.05) is 30.6 Å². The van der Waals surface area contributed by atoms with E-state index in [1.807, 2.05) is 6.07 Å². The number of carbonyl (C=O) groups excluding carboxylic acids is 3. The summed E-state index contributed by atoms with van der Waals surface area (Å²) in [6.45, 7) is 3.38. The Labute approximate surface area is 262 Å². The molecule has 0 fully saturated rings. The summed E-state index contributed by atoms with van der Waals surface area (Å²) in [5.74, 6) is 2.02. The molecular weight excluding hydrogens is 602 g/mol. The third-order valence-corrected chi connectivity index (χ3v) is 7.66. The molecule has 0 saturated carbocycles. The van der Waals surface area contributed by atoms with Crippen molar-refractivity contribution in [2.75, 3.05) is 18.5 Å². The second kappa shape index (κ2) is 12.9. The van der Waals surface area contributed by atoms with E-state index in [2.05, 4.69) is 17.2 Å². The maximum atomic E-state index is 14.3. The summed E-state index contributed by atoms with van der Waals surface area (Å²) in [5, 5.41) is 7.52. The van der Waals surface area contributed by atoms with Gasteiger partial charge in [-0.15, -0.1) is 0 Å². The van der Waals surface area contributed by atoms with Crippen molar-refractivity contribution in [2.45, 2.75) is 38.5 Å². The average Bonchev–Trinajstić information content (AvgIpc) is 3.40. The van der Waals surface area contributed by atoms with Crippen LogP contribution in [0.15, 0.2) is 78.9 Å². The van der Waals surface area contributed by atoms with Gasteiger partial charge in [-0.25, -0.2) is 9.07 Å². The molecule has 0 saturated heterocycles. The Hall–Kier alpha value is -5.44. The number of halogens is 4. The lowest BCUT2D eigenvalue weighted by atomic mass is 9.80. The maximum Gasteiger partial charge on any atom is 0.416 e. The standard InChI is InChI=1S/C34H29F4N5O3/c1-4-10-27(44)41(3)20-26-29-28(21-15-17-24(35)18-16-21)30(39-31(45)22-11-9-12-23(19-22)34(36,37)38)33(46)42(5-2)32(29)43(40-26)25-13-7-6-8-14-25/h6-9,11-19,28,30H,5,20H2,1-3H3,(H,39,45)/t28-,30-/m0/s1. The van der Waals surface area contributed by atoms with Crippen molar-refractivity contribution in [3.05, 3.63) is 113 Å². The molecule has 236 valence electrons. The Morgan fingerprint density at radius 1 is 1.02 bits per heavy atom. The molecule has 0 unspecified atom stereocenters. The molecule has 0 radical (unpaired) electrons. The highest BCUT2D eigenvalue weighted by atomic mass is 19.4. The van der Waals surface area contributed by atoms with Crippen molar-refractivity contribution in [1.82, 2.24) is 20.0 Å². The van der Waals surface area contributed by atoms with Crippen molar-refractivity contribution in [1.29, 1.82) is 0 Å². The molecule has 1 aliphatic heterocycles. The van der Waals surface area contributed by atoms with Crippen LogP contribution in [0, 0.1) is 17.7 Å². The minimum atomic E-state index is -4.69. The zero-order valence-electron chi connectivity index (χ0n) is 25.1. The van der Waals surface area contributed by atoms with E-state index in [1.165, 1.54) is 47.1 Å². The van der Waals surface area contributed by atoms with Crippen molar-refractivity contribution in [2.24, 2.45) is 0 Å². The molecule has 4 aromatic rings. The maximum absolute atomic E-state index is 14.3. The number of nitrogens with one attached hydrogen (secondary N) is 1. The first-order chi connectivity index (χ1) is 21.9. The second-order valence-electron chi connectivity index (χ2n) is 10.6. The van der Waals surface area contributed by atoms with Gasteiger partial charge in [0.05, 0.1) is 23.5 Å². The highest BCUT2D eigenvalue weighted by Gasteiger charge is 2.46. The van der Waals surface area contributed by atoms with Crippen molar-refractivity contribution >= 4 is 23.5 Å². The molecule has 2 atom stereocenters. The molecule has 46 heavy (non-hydrogen) atoms. The Morgan fingerprint density at radius 2 is 1.72 bits per heavy atom. The number of fused-ring (bicyclic) bond motifs is 1. The molecule has 0 spiro atoms. The third kappa shape index (κ3) is 6.21. The number of benzene rings is 3. The van der Waals surface area contributed by atoms with E-state index in [4.69, 9.17) is 5.10 Å². The number of rotatable bonds is 7. The number of aromatic nitrogens is 2. The Bertz CT molecular complexity index is 1840. The molecule has 5 rings (SSSR count). The minimum Gasteiger partial charge on any atom is -0.339 e. The molecule has 0 bridgehead atoms. The smallest absolute Gasteiger partial charge is 0.339 e. The van der Waals surface area contributed by atoms with E-state index in [1.54, 1.807) is 42.9 Å². The van der Waals surface area contributed by atoms with Crippen LogP contribution >= 0.6 is 0 Å². The lowest BCUT2D eigenvalue weighted by Gasteiger charge is -2.38. The predicted octanol–water partition coefficient (Wildman–Crippen LogP) is 5.31. The number of amides is 3. The van der Waals surface area contributed by atoms with Gasteiger partial charge in [0.1, 0.15) is 17.7 Å². The number of likely N-dealkylation sites (N-methyl/N-ethyl adjacent to an activating group) is 1. The van der Waals surface area contributed by atoms with E-state index in [0.717, 1.165) is 12.1 Å². The predicted molar refractivity (Wildman–Crippen MR) is 162 cm³/mol. The highest BCUT2D eigenvalue weighted by Crippen LogP contribution is 2.44. The number of para-hydroxylation sites is 1. The fraction of sp³-hybridized carbons (Fsp3) is 0.235. The van der Waals surface area contributed by atoms with E-state index >= 15 is 0 Å². The van der Waals surface area contributed by atoms with Gasteiger partial charge in [-0.1, -0.05) is 42.3 Å². The number of alkyl halides is 3. The number of anilines is 1. The van der Waals surface area contributed by atoms with E-state index < -0.39 is 47.2 Å². The molecule has 1 N–H and O–H groups in total. The molecule has 1 aliphatic rings. The van der Waals surface area contributed by atoms with E-state index in [-0.39, 0.29) is 18.7 Å². The summed E-state index contributed by atoms with van der Waals surface area (Å²) >= 11 is 0. The van der Waals surface area contributed by atoms with Crippen LogP contribution in [-0.2, 0) is 22.3 Å². The average molecular weight is 632 g/mol. The largest absolute Gasteiger partial charge is 0.416 e. The molecule has 3 aromatic carbocycles. The highest BCUT2D eigenvalue weighted by molar-refractivity contribution is 6.05. The van der Waals surface area contributed by atoms with Gasteiger partial charge < -0.3 is 10.2 Å². The molecular formula is C34H29F4N5O3. The first-order valence-electron chi connectivity index (χ1n) is 14.3. The summed E-state index contributed by atoms with van der Waals surface area (Å²) in [6, 6.07) is 16.9. The number of carbonyl (C=O) groups is 3. The zero-order valence-corrected chi connectivity index (χ0v) is 25.1. The van der Waals surface area contributed by atoms with Crippen LogP contribution in [0.4, 0.5) is 23.4 Å². The van der Waals surface area contributed by atoms with Gasteiger partial charge in [0.25, 0.3) is 17.7 Å². The third-order valence-electron chi connectivity index (χ3n) is 7.66. The first kappa shape index (κ1) is 32.0. The molecule has 2 heterocycles. The quantitative estimate of drug-likeness (QED) is 0.221. The van der Waals surface area contributed by atoms with Crippen LogP contribution in [0.3, 0.4) is 0 Å². The topological polar surface area (TPSA) is 87.5 Å². The van der Waals surface area contributed by atoms with Crippen LogP contribution < -0.4 is 10.2 Å². The summed E-state index contributed by atoms with van der Waals surface area (Å²) in [4.78, 5) is 43.3. The number of nitrogens with zero attached hydrogens (tertiary/aromatic N) is 4. The van der Waals surface area contributed by atoms with Crippen molar-refractivity contribution in [3.63, 3.8) is 0 Å². The SMILES string of the molecule is CC#CC(=O)N(C)Cc1nn(-c2ccccc2)c2c1[C@H](c1ccc(F)cc1)[C@H](NC(=O)c1cccc(C(F)(F)F)c1)C(=O)N2CC. The van der Waals surface area contributed by atoms with Crippen LogP contribution in [0.25, 0.3) is 5.69 Å². The van der Waals surface area contributed by atoms with Gasteiger partial charge in [-0.3, -0.25) is 19.3 Å². The van der Waals surface area contributed by atoms with Gasteiger partial charge >= 0.3 is 6.18 Å².